The largest absolute Gasteiger partial charge is 0.488 e. The number of nitrogens with zero attached hydrogens (tertiary/aromatic N) is 1. The Kier molecular flexibility index (Phi) is 5.34. The Morgan fingerprint density at radius 3 is 2.67 bits per heavy atom. The molecule has 0 bridgehead atoms. The van der Waals surface area contributed by atoms with Crippen molar-refractivity contribution >= 4 is 0 Å². The number of hydrogen-bond acceptors (Lipinski definition) is 4. The SMILES string of the molecule is CCOc1cc(CN)cnc1OCC(C)(F)CC. The van der Waals surface area contributed by atoms with Crippen LogP contribution in [0.5, 0.6) is 11.6 Å². The van der Waals surface area contributed by atoms with Gasteiger partial charge in [0.15, 0.2) is 5.75 Å². The molecule has 0 aliphatic rings. The van der Waals surface area contributed by atoms with E-state index < -0.39 is 5.67 Å². The lowest BCUT2D eigenvalue weighted by Crippen LogP contribution is -2.26. The van der Waals surface area contributed by atoms with Gasteiger partial charge in [-0.3, -0.25) is 0 Å². The molecule has 0 fully saturated rings. The van der Waals surface area contributed by atoms with Crippen molar-refractivity contribution in [2.45, 2.75) is 39.4 Å². The van der Waals surface area contributed by atoms with Crippen LogP contribution in [0, 0.1) is 0 Å². The van der Waals surface area contributed by atoms with Crippen molar-refractivity contribution in [1.82, 2.24) is 4.98 Å². The molecule has 1 aromatic rings. The van der Waals surface area contributed by atoms with Crippen molar-refractivity contribution in [2.75, 3.05) is 13.2 Å². The van der Waals surface area contributed by atoms with Crippen molar-refractivity contribution < 1.29 is 13.9 Å². The average molecular weight is 256 g/mol. The highest BCUT2D eigenvalue weighted by Crippen LogP contribution is 2.27. The zero-order valence-corrected chi connectivity index (χ0v) is 11.2. The van der Waals surface area contributed by atoms with Gasteiger partial charge in [0.25, 0.3) is 5.88 Å². The van der Waals surface area contributed by atoms with Crippen LogP contribution in [0.4, 0.5) is 4.39 Å². The molecule has 0 aliphatic heterocycles. The normalized spacial score (nSPS) is 14.1. The minimum Gasteiger partial charge on any atom is -0.488 e. The Labute approximate surface area is 107 Å². The summed E-state index contributed by atoms with van der Waals surface area (Å²) in [6.07, 6.45) is 2.00. The fourth-order valence-electron chi connectivity index (χ4n) is 1.27. The van der Waals surface area contributed by atoms with E-state index in [4.69, 9.17) is 15.2 Å². The van der Waals surface area contributed by atoms with Crippen molar-refractivity contribution in [3.05, 3.63) is 17.8 Å². The zero-order chi connectivity index (χ0) is 13.6. The van der Waals surface area contributed by atoms with Crippen LogP contribution >= 0.6 is 0 Å². The van der Waals surface area contributed by atoms with E-state index in [2.05, 4.69) is 4.98 Å². The van der Waals surface area contributed by atoms with Crippen LogP contribution in [-0.2, 0) is 6.54 Å². The highest BCUT2D eigenvalue weighted by molar-refractivity contribution is 5.36. The summed E-state index contributed by atoms with van der Waals surface area (Å²) in [6.45, 7) is 5.97. The monoisotopic (exact) mass is 256 g/mol. The van der Waals surface area contributed by atoms with Crippen molar-refractivity contribution in [2.24, 2.45) is 5.73 Å². The number of rotatable bonds is 7. The number of pyridine rings is 1. The van der Waals surface area contributed by atoms with E-state index in [9.17, 15) is 4.39 Å². The molecule has 0 saturated carbocycles. The van der Waals surface area contributed by atoms with Gasteiger partial charge in [0.2, 0.25) is 0 Å². The Morgan fingerprint density at radius 1 is 1.39 bits per heavy atom. The second-order valence-electron chi connectivity index (χ2n) is 4.34. The maximum absolute atomic E-state index is 13.8. The molecular formula is C13H21FN2O2. The molecular weight excluding hydrogens is 235 g/mol. The first-order valence-electron chi connectivity index (χ1n) is 6.16. The van der Waals surface area contributed by atoms with Crippen molar-refractivity contribution in [3.8, 4) is 11.6 Å². The van der Waals surface area contributed by atoms with Gasteiger partial charge in [-0.1, -0.05) is 6.92 Å². The van der Waals surface area contributed by atoms with E-state index >= 15 is 0 Å². The molecule has 0 radical (unpaired) electrons. The van der Waals surface area contributed by atoms with Crippen LogP contribution in [0.1, 0.15) is 32.8 Å². The number of ether oxygens (including phenoxy) is 2. The molecule has 18 heavy (non-hydrogen) atoms. The second kappa shape index (κ2) is 6.54. The molecule has 102 valence electrons. The van der Waals surface area contributed by atoms with E-state index in [-0.39, 0.29) is 6.61 Å². The zero-order valence-electron chi connectivity index (χ0n) is 11.2. The van der Waals surface area contributed by atoms with Gasteiger partial charge < -0.3 is 15.2 Å². The number of aromatic nitrogens is 1. The lowest BCUT2D eigenvalue weighted by atomic mass is 10.1. The lowest BCUT2D eigenvalue weighted by molar-refractivity contribution is 0.0929. The van der Waals surface area contributed by atoms with Gasteiger partial charge in [-0.15, -0.1) is 0 Å². The quantitative estimate of drug-likeness (QED) is 0.814. The summed E-state index contributed by atoms with van der Waals surface area (Å²) >= 11 is 0. The Morgan fingerprint density at radius 2 is 2.11 bits per heavy atom. The predicted octanol–water partition coefficient (Wildman–Crippen LogP) is 2.46. The lowest BCUT2D eigenvalue weighted by Gasteiger charge is -2.19. The molecule has 2 N–H and O–H groups in total. The number of hydrogen-bond donors (Lipinski definition) is 1. The van der Waals surface area contributed by atoms with Crippen molar-refractivity contribution in [1.29, 1.82) is 0 Å². The maximum Gasteiger partial charge on any atom is 0.257 e. The molecule has 4 nitrogen and oxygen atoms in total. The molecule has 0 aromatic carbocycles. The van der Waals surface area contributed by atoms with Gasteiger partial charge in [-0.25, -0.2) is 9.37 Å². The van der Waals surface area contributed by atoms with Gasteiger partial charge in [-0.2, -0.15) is 0 Å². The molecule has 1 aromatic heterocycles. The van der Waals surface area contributed by atoms with Gasteiger partial charge in [0, 0.05) is 12.7 Å². The minimum absolute atomic E-state index is 0.0431. The summed E-state index contributed by atoms with van der Waals surface area (Å²) in [5.41, 5.74) is 5.02. The first-order valence-corrected chi connectivity index (χ1v) is 6.16. The Bertz CT molecular complexity index is 383. The summed E-state index contributed by atoms with van der Waals surface area (Å²) in [4.78, 5) is 4.11. The summed E-state index contributed by atoms with van der Waals surface area (Å²) in [7, 11) is 0. The number of nitrogens with two attached hydrogens (primary N) is 1. The molecule has 0 spiro atoms. The fraction of sp³-hybridized carbons (Fsp3) is 0.615. The van der Waals surface area contributed by atoms with E-state index in [1.54, 1.807) is 19.2 Å². The smallest absolute Gasteiger partial charge is 0.257 e. The third-order valence-electron chi connectivity index (χ3n) is 2.66. The van der Waals surface area contributed by atoms with Crippen LogP contribution < -0.4 is 15.2 Å². The third kappa shape index (κ3) is 4.14. The molecule has 1 atom stereocenters. The van der Waals surface area contributed by atoms with E-state index in [0.29, 0.717) is 31.2 Å². The van der Waals surface area contributed by atoms with Gasteiger partial charge in [0.05, 0.1) is 6.61 Å². The molecule has 0 amide bonds. The summed E-state index contributed by atoms with van der Waals surface area (Å²) in [5, 5.41) is 0. The molecule has 5 heteroatoms. The van der Waals surface area contributed by atoms with Gasteiger partial charge >= 0.3 is 0 Å². The maximum atomic E-state index is 13.8. The fourth-order valence-corrected chi connectivity index (χ4v) is 1.27. The predicted molar refractivity (Wildman–Crippen MR) is 68.6 cm³/mol. The number of alkyl halides is 1. The van der Waals surface area contributed by atoms with Crippen LogP contribution in [-0.4, -0.2) is 23.9 Å². The van der Waals surface area contributed by atoms with E-state index in [1.807, 2.05) is 6.92 Å². The van der Waals surface area contributed by atoms with Crippen LogP contribution in [0.25, 0.3) is 0 Å². The van der Waals surface area contributed by atoms with Gasteiger partial charge in [-0.05, 0) is 31.9 Å². The topological polar surface area (TPSA) is 57.4 Å². The first kappa shape index (κ1) is 14.7. The van der Waals surface area contributed by atoms with Crippen molar-refractivity contribution in [3.63, 3.8) is 0 Å². The molecule has 1 rings (SSSR count). The number of halogens is 1. The van der Waals surface area contributed by atoms with E-state index in [1.165, 1.54) is 6.92 Å². The highest BCUT2D eigenvalue weighted by atomic mass is 19.1. The van der Waals surface area contributed by atoms with Crippen LogP contribution in [0.3, 0.4) is 0 Å². The molecule has 1 heterocycles. The summed E-state index contributed by atoms with van der Waals surface area (Å²) in [5.74, 6) is 0.818. The van der Waals surface area contributed by atoms with Crippen LogP contribution in [0.15, 0.2) is 12.3 Å². The Hall–Kier alpha value is -1.36. The third-order valence-corrected chi connectivity index (χ3v) is 2.66. The summed E-state index contributed by atoms with van der Waals surface area (Å²) < 4.78 is 24.6. The molecule has 0 saturated heterocycles. The van der Waals surface area contributed by atoms with Crippen LogP contribution in [0.2, 0.25) is 0 Å². The first-order chi connectivity index (χ1) is 8.52. The molecule has 0 aliphatic carbocycles. The minimum atomic E-state index is -1.36. The Balaban J connectivity index is 2.80. The average Bonchev–Trinajstić information content (AvgIpc) is 2.37. The van der Waals surface area contributed by atoms with Gasteiger partial charge in [0.1, 0.15) is 12.3 Å². The highest BCUT2D eigenvalue weighted by Gasteiger charge is 2.22. The molecule has 1 unspecified atom stereocenters. The second-order valence-corrected chi connectivity index (χ2v) is 4.34. The summed E-state index contributed by atoms with van der Waals surface area (Å²) in [6, 6.07) is 1.77. The van der Waals surface area contributed by atoms with E-state index in [0.717, 1.165) is 5.56 Å². The standard InChI is InChI=1S/C13H21FN2O2/c1-4-13(3,14)9-18-12-11(17-5-2)6-10(7-15)8-16-12/h6,8H,4-5,7,9,15H2,1-3H3.